The lowest BCUT2D eigenvalue weighted by molar-refractivity contribution is 0.171. The number of fused-ring (bicyclic) bond motifs is 1. The summed E-state index contributed by atoms with van der Waals surface area (Å²) >= 11 is 0. The predicted octanol–water partition coefficient (Wildman–Crippen LogP) is 2.00. The van der Waals surface area contributed by atoms with Crippen LogP contribution in [-0.2, 0) is 6.54 Å². The topological polar surface area (TPSA) is 60.1 Å². The van der Waals surface area contributed by atoms with Gasteiger partial charge in [0.1, 0.15) is 13.2 Å². The Kier molecular flexibility index (Phi) is 4.18. The Morgan fingerprint density at radius 3 is 2.71 bits per heavy atom. The molecule has 2 aliphatic rings. The number of guanidine groups is 1. The third-order valence-electron chi connectivity index (χ3n) is 4.14. The minimum atomic E-state index is 0.578. The zero-order valence-corrected chi connectivity index (χ0v) is 12.5. The first-order valence-electron chi connectivity index (χ1n) is 7.66. The lowest BCUT2D eigenvalue weighted by Gasteiger charge is -2.31. The van der Waals surface area contributed by atoms with Crippen molar-refractivity contribution in [1.29, 1.82) is 0 Å². The Hall–Kier alpha value is -1.91. The van der Waals surface area contributed by atoms with Crippen molar-refractivity contribution in [2.75, 3.05) is 26.3 Å². The Bertz CT molecular complexity index is 522. The summed E-state index contributed by atoms with van der Waals surface area (Å²) < 4.78 is 11.1. The van der Waals surface area contributed by atoms with Crippen molar-refractivity contribution in [2.24, 2.45) is 16.6 Å². The van der Waals surface area contributed by atoms with Gasteiger partial charge in [0.25, 0.3) is 0 Å². The molecule has 3 rings (SSSR count). The number of likely N-dealkylation sites (tertiary alicyclic amines) is 1. The molecule has 2 heterocycles. The highest BCUT2D eigenvalue weighted by Gasteiger charge is 2.17. The lowest BCUT2D eigenvalue weighted by Crippen LogP contribution is -2.42. The van der Waals surface area contributed by atoms with Gasteiger partial charge in [-0.15, -0.1) is 0 Å². The first-order chi connectivity index (χ1) is 10.2. The summed E-state index contributed by atoms with van der Waals surface area (Å²) in [6.45, 7) is 6.11. The minimum Gasteiger partial charge on any atom is -0.486 e. The molecule has 0 aromatic heterocycles. The summed E-state index contributed by atoms with van der Waals surface area (Å²) in [6, 6.07) is 5.95. The molecule has 2 aliphatic heterocycles. The number of aliphatic imine (C=N–C) groups is 1. The molecule has 1 aromatic carbocycles. The molecule has 0 bridgehead atoms. The first-order valence-corrected chi connectivity index (χ1v) is 7.66. The van der Waals surface area contributed by atoms with Gasteiger partial charge in [-0.3, -0.25) is 0 Å². The van der Waals surface area contributed by atoms with E-state index in [0.29, 0.717) is 25.7 Å². The van der Waals surface area contributed by atoms with Crippen LogP contribution in [0.25, 0.3) is 0 Å². The number of benzene rings is 1. The van der Waals surface area contributed by atoms with E-state index >= 15 is 0 Å². The Morgan fingerprint density at radius 2 is 1.95 bits per heavy atom. The van der Waals surface area contributed by atoms with E-state index in [9.17, 15) is 0 Å². The van der Waals surface area contributed by atoms with Gasteiger partial charge in [-0.2, -0.15) is 0 Å². The van der Waals surface area contributed by atoms with E-state index < -0.39 is 0 Å². The molecule has 1 saturated heterocycles. The summed E-state index contributed by atoms with van der Waals surface area (Å²) in [6.07, 6.45) is 2.39. The van der Waals surface area contributed by atoms with Gasteiger partial charge >= 0.3 is 0 Å². The minimum absolute atomic E-state index is 0.578. The van der Waals surface area contributed by atoms with E-state index in [1.807, 2.05) is 18.2 Å². The lowest BCUT2D eigenvalue weighted by atomic mass is 10.00. The number of hydrogen-bond donors (Lipinski definition) is 1. The van der Waals surface area contributed by atoms with E-state index in [2.05, 4.69) is 16.8 Å². The summed E-state index contributed by atoms with van der Waals surface area (Å²) in [5.74, 6) is 3.06. The van der Waals surface area contributed by atoms with Gasteiger partial charge < -0.3 is 20.1 Å². The van der Waals surface area contributed by atoms with Gasteiger partial charge in [0.15, 0.2) is 17.5 Å². The fourth-order valence-corrected chi connectivity index (χ4v) is 2.70. The van der Waals surface area contributed by atoms with Gasteiger partial charge in [0.05, 0.1) is 6.54 Å². The monoisotopic (exact) mass is 289 g/mol. The molecule has 0 aliphatic carbocycles. The van der Waals surface area contributed by atoms with Crippen LogP contribution >= 0.6 is 0 Å². The second kappa shape index (κ2) is 6.24. The molecule has 0 saturated carbocycles. The molecular weight excluding hydrogens is 266 g/mol. The van der Waals surface area contributed by atoms with Crippen molar-refractivity contribution < 1.29 is 9.47 Å². The maximum atomic E-state index is 6.10. The number of ether oxygens (including phenoxy) is 2. The number of piperidine rings is 1. The molecule has 0 spiro atoms. The molecular formula is C16H23N3O2. The predicted molar refractivity (Wildman–Crippen MR) is 82.7 cm³/mol. The van der Waals surface area contributed by atoms with E-state index in [1.165, 1.54) is 12.8 Å². The van der Waals surface area contributed by atoms with Crippen molar-refractivity contribution >= 4 is 5.96 Å². The largest absolute Gasteiger partial charge is 0.486 e. The molecule has 5 heteroatoms. The molecule has 2 N–H and O–H groups in total. The standard InChI is InChI=1S/C16H23N3O2/c1-12-4-6-19(7-5-12)16(17)18-11-13-2-3-14-15(10-13)21-9-8-20-14/h2-3,10,12H,4-9,11H2,1H3,(H2,17,18). The maximum Gasteiger partial charge on any atom is 0.191 e. The summed E-state index contributed by atoms with van der Waals surface area (Å²) in [5, 5.41) is 0. The van der Waals surface area contributed by atoms with Crippen molar-refractivity contribution in [2.45, 2.75) is 26.3 Å². The Labute approximate surface area is 125 Å². The average molecular weight is 289 g/mol. The van der Waals surface area contributed by atoms with E-state index in [1.54, 1.807) is 0 Å². The number of rotatable bonds is 2. The van der Waals surface area contributed by atoms with Crippen molar-refractivity contribution in [3.8, 4) is 11.5 Å². The second-order valence-electron chi connectivity index (χ2n) is 5.82. The van der Waals surface area contributed by atoms with E-state index in [0.717, 1.165) is 36.1 Å². The molecule has 21 heavy (non-hydrogen) atoms. The van der Waals surface area contributed by atoms with Gasteiger partial charge in [-0.1, -0.05) is 13.0 Å². The van der Waals surface area contributed by atoms with Crippen LogP contribution in [0.4, 0.5) is 0 Å². The summed E-state index contributed by atoms with van der Waals surface area (Å²) in [5.41, 5.74) is 7.19. The fourth-order valence-electron chi connectivity index (χ4n) is 2.70. The smallest absolute Gasteiger partial charge is 0.191 e. The van der Waals surface area contributed by atoms with Crippen molar-refractivity contribution in [3.63, 3.8) is 0 Å². The maximum absolute atomic E-state index is 6.10. The Balaban J connectivity index is 1.62. The molecule has 0 amide bonds. The van der Waals surface area contributed by atoms with Crippen LogP contribution in [0.15, 0.2) is 23.2 Å². The zero-order valence-electron chi connectivity index (χ0n) is 12.5. The quantitative estimate of drug-likeness (QED) is 0.668. The normalized spacial score (nSPS) is 19.7. The summed E-state index contributed by atoms with van der Waals surface area (Å²) in [4.78, 5) is 6.69. The number of nitrogens with zero attached hydrogens (tertiary/aromatic N) is 2. The molecule has 114 valence electrons. The third-order valence-corrected chi connectivity index (χ3v) is 4.14. The molecule has 1 aromatic rings. The molecule has 0 unspecified atom stereocenters. The van der Waals surface area contributed by atoms with Crippen LogP contribution in [0.5, 0.6) is 11.5 Å². The average Bonchev–Trinajstić information content (AvgIpc) is 2.53. The van der Waals surface area contributed by atoms with Crippen molar-refractivity contribution in [3.05, 3.63) is 23.8 Å². The zero-order chi connectivity index (χ0) is 14.7. The summed E-state index contributed by atoms with van der Waals surface area (Å²) in [7, 11) is 0. The van der Waals surface area contributed by atoms with Crippen molar-refractivity contribution in [1.82, 2.24) is 4.90 Å². The van der Waals surface area contributed by atoms with Gasteiger partial charge in [0.2, 0.25) is 0 Å². The Morgan fingerprint density at radius 1 is 1.24 bits per heavy atom. The molecule has 5 nitrogen and oxygen atoms in total. The SMILES string of the molecule is CC1CCN(C(N)=NCc2ccc3c(c2)OCCO3)CC1. The highest BCUT2D eigenvalue weighted by molar-refractivity contribution is 5.78. The van der Waals surface area contributed by atoms with Gasteiger partial charge in [0, 0.05) is 13.1 Å². The van der Waals surface area contributed by atoms with Gasteiger partial charge in [-0.25, -0.2) is 4.99 Å². The van der Waals surface area contributed by atoms with Crippen LogP contribution in [0, 0.1) is 5.92 Å². The van der Waals surface area contributed by atoms with Crippen LogP contribution in [0.2, 0.25) is 0 Å². The van der Waals surface area contributed by atoms with E-state index in [-0.39, 0.29) is 0 Å². The number of nitrogens with two attached hydrogens (primary N) is 1. The van der Waals surface area contributed by atoms with Crippen LogP contribution in [0.1, 0.15) is 25.3 Å². The third kappa shape index (κ3) is 3.40. The number of hydrogen-bond acceptors (Lipinski definition) is 3. The molecule has 0 atom stereocenters. The first kappa shape index (κ1) is 14.0. The molecule has 1 fully saturated rings. The second-order valence-corrected chi connectivity index (χ2v) is 5.82. The van der Waals surface area contributed by atoms with Gasteiger partial charge in [-0.05, 0) is 36.5 Å². The fraction of sp³-hybridized carbons (Fsp3) is 0.562. The van der Waals surface area contributed by atoms with Crippen LogP contribution in [0.3, 0.4) is 0 Å². The molecule has 0 radical (unpaired) electrons. The van der Waals surface area contributed by atoms with Crippen LogP contribution in [-0.4, -0.2) is 37.2 Å². The van der Waals surface area contributed by atoms with Crippen LogP contribution < -0.4 is 15.2 Å². The highest BCUT2D eigenvalue weighted by Crippen LogP contribution is 2.30. The van der Waals surface area contributed by atoms with E-state index in [4.69, 9.17) is 15.2 Å². The highest BCUT2D eigenvalue weighted by atomic mass is 16.6.